The van der Waals surface area contributed by atoms with Crippen molar-refractivity contribution in [2.45, 2.75) is 12.6 Å². The first-order valence-corrected chi connectivity index (χ1v) is 8.33. The predicted molar refractivity (Wildman–Crippen MR) is 99.3 cm³/mol. The standard InChI is InChI=1S/C20H16FN3O4/c21-16-8-6-15(7-9-16)18(11-25)24-13-22-10-17(19(24)26)23-20(27)28-12-14-4-2-1-3-5-14/h1-11,13,18H,12H2,(H,23,27). The van der Waals surface area contributed by atoms with E-state index in [-0.39, 0.29) is 12.3 Å². The zero-order chi connectivity index (χ0) is 19.9. The number of benzene rings is 2. The zero-order valence-corrected chi connectivity index (χ0v) is 14.6. The quantitative estimate of drug-likeness (QED) is 0.663. The number of halogens is 1. The van der Waals surface area contributed by atoms with Crippen molar-refractivity contribution >= 4 is 18.1 Å². The van der Waals surface area contributed by atoms with Crippen LogP contribution in [0.3, 0.4) is 0 Å². The Balaban J connectivity index is 1.76. The lowest BCUT2D eigenvalue weighted by Crippen LogP contribution is -2.30. The molecule has 0 spiro atoms. The molecule has 3 aromatic rings. The molecular formula is C20H16FN3O4. The van der Waals surface area contributed by atoms with E-state index in [1.165, 1.54) is 30.6 Å². The Kier molecular flexibility index (Phi) is 5.91. The van der Waals surface area contributed by atoms with E-state index in [4.69, 9.17) is 4.74 Å². The number of hydrogen-bond acceptors (Lipinski definition) is 5. The summed E-state index contributed by atoms with van der Waals surface area (Å²) in [6, 6.07) is 13.2. The van der Waals surface area contributed by atoms with Crippen molar-refractivity contribution in [2.24, 2.45) is 0 Å². The number of nitrogens with zero attached hydrogens (tertiary/aromatic N) is 2. The molecule has 0 fully saturated rings. The predicted octanol–water partition coefficient (Wildman–Crippen LogP) is 2.92. The van der Waals surface area contributed by atoms with Crippen molar-refractivity contribution in [3.63, 3.8) is 0 Å². The highest BCUT2D eigenvalue weighted by atomic mass is 19.1. The molecule has 7 nitrogen and oxygen atoms in total. The van der Waals surface area contributed by atoms with Crippen LogP contribution in [0.25, 0.3) is 0 Å². The minimum absolute atomic E-state index is 0.0354. The number of carbonyl (C=O) groups is 2. The van der Waals surface area contributed by atoms with Crippen LogP contribution in [0.4, 0.5) is 14.9 Å². The first kappa shape index (κ1) is 19.0. The van der Waals surface area contributed by atoms with Crippen LogP contribution in [0.5, 0.6) is 0 Å². The first-order valence-electron chi connectivity index (χ1n) is 8.33. The van der Waals surface area contributed by atoms with Gasteiger partial charge in [0.05, 0.1) is 12.5 Å². The number of amides is 1. The molecule has 1 atom stereocenters. The summed E-state index contributed by atoms with van der Waals surface area (Å²) < 4.78 is 19.2. The minimum Gasteiger partial charge on any atom is -0.444 e. The number of ether oxygens (including phenoxy) is 1. The Bertz CT molecular complexity index is 1020. The number of anilines is 1. The van der Waals surface area contributed by atoms with Crippen LogP contribution in [0.2, 0.25) is 0 Å². The van der Waals surface area contributed by atoms with Crippen molar-refractivity contribution in [3.8, 4) is 0 Å². The molecule has 1 aromatic heterocycles. The van der Waals surface area contributed by atoms with E-state index in [1.54, 1.807) is 12.1 Å². The Morgan fingerprint density at radius 3 is 2.57 bits per heavy atom. The van der Waals surface area contributed by atoms with Crippen molar-refractivity contribution < 1.29 is 18.7 Å². The van der Waals surface area contributed by atoms with Gasteiger partial charge in [-0.25, -0.2) is 14.2 Å². The molecule has 142 valence electrons. The lowest BCUT2D eigenvalue weighted by Gasteiger charge is -2.15. The number of hydrogen-bond donors (Lipinski definition) is 1. The molecule has 1 amide bonds. The smallest absolute Gasteiger partial charge is 0.412 e. The molecule has 1 heterocycles. The van der Waals surface area contributed by atoms with Gasteiger partial charge in [0.1, 0.15) is 30.4 Å². The average molecular weight is 381 g/mol. The molecule has 0 aliphatic rings. The van der Waals surface area contributed by atoms with E-state index in [1.807, 2.05) is 18.2 Å². The summed E-state index contributed by atoms with van der Waals surface area (Å²) in [4.78, 5) is 40.0. The zero-order valence-electron chi connectivity index (χ0n) is 14.6. The van der Waals surface area contributed by atoms with Crippen molar-refractivity contribution in [3.05, 3.63) is 94.4 Å². The van der Waals surface area contributed by atoms with Gasteiger partial charge in [0.25, 0.3) is 5.56 Å². The molecule has 2 aromatic carbocycles. The molecule has 8 heteroatoms. The van der Waals surface area contributed by atoms with Gasteiger partial charge < -0.3 is 9.53 Å². The maximum atomic E-state index is 13.1. The largest absolute Gasteiger partial charge is 0.444 e. The minimum atomic E-state index is -1.01. The summed E-state index contributed by atoms with van der Waals surface area (Å²) in [6.45, 7) is 0.0354. The van der Waals surface area contributed by atoms with Crippen LogP contribution in [0.15, 0.2) is 71.9 Å². The van der Waals surface area contributed by atoms with Gasteiger partial charge in [-0.3, -0.25) is 14.7 Å². The number of rotatable bonds is 6. The van der Waals surface area contributed by atoms with Crippen LogP contribution in [0.1, 0.15) is 17.2 Å². The summed E-state index contributed by atoms with van der Waals surface area (Å²) in [5.74, 6) is -0.463. The van der Waals surface area contributed by atoms with E-state index in [0.717, 1.165) is 16.3 Å². The lowest BCUT2D eigenvalue weighted by molar-refractivity contribution is -0.109. The molecule has 3 rings (SSSR count). The van der Waals surface area contributed by atoms with Crippen LogP contribution in [-0.4, -0.2) is 21.9 Å². The van der Waals surface area contributed by atoms with Gasteiger partial charge in [0.2, 0.25) is 0 Å². The fraction of sp³-hybridized carbons (Fsp3) is 0.100. The maximum absolute atomic E-state index is 13.1. The fourth-order valence-electron chi connectivity index (χ4n) is 2.54. The van der Waals surface area contributed by atoms with Gasteiger partial charge >= 0.3 is 6.09 Å². The summed E-state index contributed by atoms with van der Waals surface area (Å²) in [5.41, 5.74) is 0.408. The molecule has 28 heavy (non-hydrogen) atoms. The summed E-state index contributed by atoms with van der Waals surface area (Å²) in [7, 11) is 0. The van der Waals surface area contributed by atoms with E-state index in [9.17, 15) is 18.8 Å². The van der Waals surface area contributed by atoms with Crippen molar-refractivity contribution in [2.75, 3.05) is 5.32 Å². The summed E-state index contributed by atoms with van der Waals surface area (Å²) in [6.07, 6.45) is 2.04. The summed E-state index contributed by atoms with van der Waals surface area (Å²) in [5, 5.41) is 2.33. The molecule has 0 saturated heterocycles. The Morgan fingerprint density at radius 2 is 1.89 bits per heavy atom. The highest BCUT2D eigenvalue weighted by Gasteiger charge is 2.17. The van der Waals surface area contributed by atoms with Crippen molar-refractivity contribution in [1.29, 1.82) is 0 Å². The third-order valence-electron chi connectivity index (χ3n) is 3.95. The van der Waals surface area contributed by atoms with E-state index in [0.29, 0.717) is 11.8 Å². The monoisotopic (exact) mass is 381 g/mol. The molecule has 1 unspecified atom stereocenters. The number of aldehydes is 1. The Hall–Kier alpha value is -3.81. The van der Waals surface area contributed by atoms with E-state index >= 15 is 0 Å². The molecule has 0 bridgehead atoms. The second-order valence-corrected chi connectivity index (χ2v) is 5.84. The third kappa shape index (κ3) is 4.47. The molecule has 0 saturated carbocycles. The first-order chi connectivity index (χ1) is 13.6. The van der Waals surface area contributed by atoms with Gasteiger partial charge in [-0.05, 0) is 23.3 Å². The third-order valence-corrected chi connectivity index (χ3v) is 3.95. The summed E-state index contributed by atoms with van der Waals surface area (Å²) >= 11 is 0. The lowest BCUT2D eigenvalue weighted by atomic mass is 10.1. The topological polar surface area (TPSA) is 90.3 Å². The second kappa shape index (κ2) is 8.72. The number of carbonyl (C=O) groups excluding carboxylic acids is 2. The van der Waals surface area contributed by atoms with E-state index in [2.05, 4.69) is 10.3 Å². The van der Waals surface area contributed by atoms with Gasteiger partial charge in [-0.2, -0.15) is 0 Å². The Labute approximate surface area is 159 Å². The molecule has 0 radical (unpaired) electrons. The highest BCUT2D eigenvalue weighted by molar-refractivity contribution is 5.84. The van der Waals surface area contributed by atoms with Crippen LogP contribution >= 0.6 is 0 Å². The number of nitrogens with one attached hydrogen (secondary N) is 1. The SMILES string of the molecule is O=CC(c1ccc(F)cc1)n1cncc(NC(=O)OCc2ccccc2)c1=O. The van der Waals surface area contributed by atoms with Crippen molar-refractivity contribution in [1.82, 2.24) is 9.55 Å². The van der Waals surface area contributed by atoms with Crippen LogP contribution < -0.4 is 10.9 Å². The normalized spacial score (nSPS) is 11.5. The number of aromatic nitrogens is 2. The van der Waals surface area contributed by atoms with Gasteiger partial charge in [-0.1, -0.05) is 42.5 Å². The maximum Gasteiger partial charge on any atom is 0.412 e. The van der Waals surface area contributed by atoms with Gasteiger partial charge in [0.15, 0.2) is 0 Å². The van der Waals surface area contributed by atoms with E-state index < -0.39 is 23.5 Å². The molecule has 0 aliphatic heterocycles. The van der Waals surface area contributed by atoms with Crippen LogP contribution in [-0.2, 0) is 16.1 Å². The second-order valence-electron chi connectivity index (χ2n) is 5.84. The Morgan fingerprint density at radius 1 is 1.18 bits per heavy atom. The van der Waals surface area contributed by atoms with Gasteiger partial charge in [-0.15, -0.1) is 0 Å². The average Bonchev–Trinajstić information content (AvgIpc) is 2.72. The fourth-order valence-corrected chi connectivity index (χ4v) is 2.54. The molecular weight excluding hydrogens is 365 g/mol. The molecule has 0 aliphatic carbocycles. The van der Waals surface area contributed by atoms with Gasteiger partial charge in [0, 0.05) is 0 Å². The highest BCUT2D eigenvalue weighted by Crippen LogP contribution is 2.15. The van der Waals surface area contributed by atoms with Crippen LogP contribution in [0, 0.1) is 5.82 Å². The molecule has 1 N–H and O–H groups in total.